The van der Waals surface area contributed by atoms with Gasteiger partial charge in [-0.25, -0.2) is 0 Å². The number of halogens is 1. The molecule has 2 rings (SSSR count). The van der Waals surface area contributed by atoms with E-state index in [-0.39, 0.29) is 0 Å². The zero-order chi connectivity index (χ0) is 14.9. The van der Waals surface area contributed by atoms with Crippen LogP contribution in [0.2, 0.25) is 5.02 Å². The highest BCUT2D eigenvalue weighted by atomic mass is 35.5. The van der Waals surface area contributed by atoms with Gasteiger partial charge in [0.1, 0.15) is 11.5 Å². The molecule has 2 aromatic rings. The van der Waals surface area contributed by atoms with Crippen molar-refractivity contribution in [1.29, 1.82) is 0 Å². The first-order valence-electron chi connectivity index (χ1n) is 6.89. The minimum absolute atomic E-state index is 0.442. The summed E-state index contributed by atoms with van der Waals surface area (Å²) in [4.78, 5) is 0. The van der Waals surface area contributed by atoms with Crippen molar-refractivity contribution in [2.24, 2.45) is 0 Å². The molecule has 0 fully saturated rings. The van der Waals surface area contributed by atoms with Gasteiger partial charge in [0.15, 0.2) is 0 Å². The van der Waals surface area contributed by atoms with Crippen molar-refractivity contribution in [2.75, 3.05) is 0 Å². The van der Waals surface area contributed by atoms with Gasteiger partial charge in [0.2, 0.25) is 0 Å². The summed E-state index contributed by atoms with van der Waals surface area (Å²) < 4.78 is 7.79. The van der Waals surface area contributed by atoms with Crippen LogP contribution >= 0.6 is 11.6 Å². The summed E-state index contributed by atoms with van der Waals surface area (Å²) in [5.41, 5.74) is 3.00. The van der Waals surface area contributed by atoms with Crippen LogP contribution in [0.4, 0.5) is 0 Å². The van der Waals surface area contributed by atoms with Gasteiger partial charge < -0.3 is 9.73 Å². The van der Waals surface area contributed by atoms with Gasteiger partial charge >= 0.3 is 0 Å². The minimum Gasteiger partial charge on any atom is -0.462 e. The van der Waals surface area contributed by atoms with E-state index in [0.29, 0.717) is 12.6 Å². The minimum atomic E-state index is 0.442. The molecule has 0 radical (unpaired) electrons. The van der Waals surface area contributed by atoms with Crippen molar-refractivity contribution >= 4 is 11.6 Å². The summed E-state index contributed by atoms with van der Waals surface area (Å²) in [5.74, 6) is 1.90. The molecule has 2 aromatic heterocycles. The van der Waals surface area contributed by atoms with Crippen LogP contribution in [0, 0.1) is 20.8 Å². The largest absolute Gasteiger partial charge is 0.462 e. The average Bonchev–Trinajstić information content (AvgIpc) is 2.83. The van der Waals surface area contributed by atoms with E-state index in [1.165, 1.54) is 5.56 Å². The molecule has 5 heteroatoms. The van der Waals surface area contributed by atoms with Crippen LogP contribution in [0.3, 0.4) is 0 Å². The molecule has 0 unspecified atom stereocenters. The Kier molecular flexibility index (Phi) is 4.55. The summed E-state index contributed by atoms with van der Waals surface area (Å²) in [7, 11) is 0. The summed E-state index contributed by atoms with van der Waals surface area (Å²) in [6, 6.07) is 2.51. The van der Waals surface area contributed by atoms with Crippen LogP contribution in [-0.4, -0.2) is 15.8 Å². The quantitative estimate of drug-likeness (QED) is 0.916. The lowest BCUT2D eigenvalue weighted by molar-refractivity contribution is 0.418. The van der Waals surface area contributed by atoms with Crippen LogP contribution in [0.15, 0.2) is 10.5 Å². The Morgan fingerprint density at radius 1 is 1.35 bits per heavy atom. The Labute approximate surface area is 125 Å². The van der Waals surface area contributed by atoms with Gasteiger partial charge in [0, 0.05) is 6.04 Å². The summed E-state index contributed by atoms with van der Waals surface area (Å²) in [6.45, 7) is 11.6. The lowest BCUT2D eigenvalue weighted by Gasteiger charge is -2.06. The molecular formula is C15H22ClN3O. The predicted octanol–water partition coefficient (Wildman–Crippen LogP) is 3.60. The van der Waals surface area contributed by atoms with Crippen molar-refractivity contribution in [1.82, 2.24) is 15.1 Å². The molecule has 0 amide bonds. The van der Waals surface area contributed by atoms with Gasteiger partial charge in [-0.3, -0.25) is 4.68 Å². The first-order chi connectivity index (χ1) is 9.38. The average molecular weight is 296 g/mol. The number of aromatic nitrogens is 2. The highest BCUT2D eigenvalue weighted by Gasteiger charge is 2.13. The van der Waals surface area contributed by atoms with Crippen molar-refractivity contribution < 1.29 is 4.42 Å². The maximum atomic E-state index is 6.16. The molecule has 0 spiro atoms. The van der Waals surface area contributed by atoms with Gasteiger partial charge in [-0.2, -0.15) is 5.10 Å². The molecule has 0 aliphatic rings. The Balaban J connectivity index is 2.14. The van der Waals surface area contributed by atoms with Crippen LogP contribution in [0.25, 0.3) is 0 Å². The number of hydrogen-bond acceptors (Lipinski definition) is 3. The smallest absolute Gasteiger partial charge is 0.126 e. The molecule has 0 aliphatic carbocycles. The molecule has 110 valence electrons. The highest BCUT2D eigenvalue weighted by Crippen LogP contribution is 2.21. The number of furan rings is 1. The molecule has 0 bridgehead atoms. The SMILES string of the molecule is Cc1cc(Cn2nc(C)c(Cl)c2C)oc1CNC(C)C. The summed E-state index contributed by atoms with van der Waals surface area (Å²) >= 11 is 6.16. The molecule has 2 heterocycles. The van der Waals surface area contributed by atoms with Crippen LogP contribution in [0.5, 0.6) is 0 Å². The van der Waals surface area contributed by atoms with Crippen molar-refractivity contribution in [3.8, 4) is 0 Å². The van der Waals surface area contributed by atoms with E-state index in [0.717, 1.165) is 34.5 Å². The monoisotopic (exact) mass is 295 g/mol. The Bertz CT molecular complexity index is 599. The van der Waals surface area contributed by atoms with Gasteiger partial charge in [-0.1, -0.05) is 25.4 Å². The van der Waals surface area contributed by atoms with Gasteiger partial charge in [-0.05, 0) is 32.4 Å². The van der Waals surface area contributed by atoms with Crippen LogP contribution < -0.4 is 5.32 Å². The molecule has 1 N–H and O–H groups in total. The number of rotatable bonds is 5. The zero-order valence-corrected chi connectivity index (χ0v) is 13.5. The maximum Gasteiger partial charge on any atom is 0.126 e. The van der Waals surface area contributed by atoms with E-state index in [1.54, 1.807) is 0 Å². The van der Waals surface area contributed by atoms with Gasteiger partial charge in [0.05, 0.1) is 29.5 Å². The van der Waals surface area contributed by atoms with Gasteiger partial charge in [-0.15, -0.1) is 0 Å². The van der Waals surface area contributed by atoms with E-state index in [1.807, 2.05) is 18.5 Å². The Hall–Kier alpha value is -1.26. The number of nitrogens with one attached hydrogen (secondary N) is 1. The summed E-state index contributed by atoms with van der Waals surface area (Å²) in [6.07, 6.45) is 0. The van der Waals surface area contributed by atoms with Crippen molar-refractivity contribution in [2.45, 2.75) is 53.8 Å². The third-order valence-corrected chi connectivity index (χ3v) is 3.89. The Morgan fingerprint density at radius 2 is 2.05 bits per heavy atom. The lowest BCUT2D eigenvalue weighted by Crippen LogP contribution is -2.21. The lowest BCUT2D eigenvalue weighted by atomic mass is 10.2. The topological polar surface area (TPSA) is 43.0 Å². The zero-order valence-electron chi connectivity index (χ0n) is 12.7. The number of nitrogens with zero attached hydrogens (tertiary/aromatic N) is 2. The second-order valence-corrected chi connectivity index (χ2v) is 5.87. The van der Waals surface area contributed by atoms with Crippen molar-refractivity contribution in [3.05, 3.63) is 39.6 Å². The third kappa shape index (κ3) is 3.25. The number of aryl methyl sites for hydroxylation is 2. The van der Waals surface area contributed by atoms with Crippen molar-refractivity contribution in [3.63, 3.8) is 0 Å². The molecule has 0 aromatic carbocycles. The fourth-order valence-corrected chi connectivity index (χ4v) is 2.25. The van der Waals surface area contributed by atoms with Gasteiger partial charge in [0.25, 0.3) is 0 Å². The maximum absolute atomic E-state index is 6.16. The molecule has 20 heavy (non-hydrogen) atoms. The van der Waals surface area contributed by atoms with Crippen LogP contribution in [0.1, 0.15) is 42.3 Å². The molecular weight excluding hydrogens is 274 g/mol. The van der Waals surface area contributed by atoms with E-state index in [9.17, 15) is 0 Å². The standard InChI is InChI=1S/C15H22ClN3O/c1-9(2)17-7-14-10(3)6-13(20-14)8-19-12(5)15(16)11(4)18-19/h6,9,17H,7-8H2,1-5H3. The molecule has 0 saturated carbocycles. The highest BCUT2D eigenvalue weighted by molar-refractivity contribution is 6.31. The molecule has 4 nitrogen and oxygen atoms in total. The Morgan fingerprint density at radius 3 is 2.60 bits per heavy atom. The fourth-order valence-electron chi connectivity index (χ4n) is 2.12. The third-order valence-electron chi connectivity index (χ3n) is 3.34. The second kappa shape index (κ2) is 6.02. The number of hydrogen-bond donors (Lipinski definition) is 1. The molecule has 0 saturated heterocycles. The predicted molar refractivity (Wildman–Crippen MR) is 81.2 cm³/mol. The molecule has 0 aliphatic heterocycles. The van der Waals surface area contributed by atoms with E-state index < -0.39 is 0 Å². The van der Waals surface area contributed by atoms with E-state index >= 15 is 0 Å². The normalized spacial score (nSPS) is 11.6. The first kappa shape index (κ1) is 15.1. The van der Waals surface area contributed by atoms with Crippen LogP contribution in [-0.2, 0) is 13.1 Å². The van der Waals surface area contributed by atoms with E-state index in [2.05, 4.69) is 37.3 Å². The van der Waals surface area contributed by atoms with E-state index in [4.69, 9.17) is 16.0 Å². The molecule has 0 atom stereocenters. The fraction of sp³-hybridized carbons (Fsp3) is 0.533. The second-order valence-electron chi connectivity index (χ2n) is 5.50. The summed E-state index contributed by atoms with van der Waals surface area (Å²) in [5, 5.41) is 8.53. The first-order valence-corrected chi connectivity index (χ1v) is 7.27.